The fraction of sp³-hybridized carbons (Fsp3) is 0.0588. The molecular formula is C17H13ClN2OS2. The molecule has 1 N–H and O–H groups in total. The zero-order valence-electron chi connectivity index (χ0n) is 12.0. The third-order valence-corrected chi connectivity index (χ3v) is 5.17. The number of thiophene rings is 1. The van der Waals surface area contributed by atoms with Gasteiger partial charge in [-0.1, -0.05) is 35.9 Å². The number of benzene rings is 1. The highest BCUT2D eigenvalue weighted by atomic mass is 35.5. The Kier molecular flexibility index (Phi) is 5.23. The SMILES string of the molecule is O=C(C=Cc1cccs1)Nc1ncc(Cc2ccccc2Cl)s1. The molecular weight excluding hydrogens is 348 g/mol. The lowest BCUT2D eigenvalue weighted by atomic mass is 10.1. The third kappa shape index (κ3) is 4.51. The quantitative estimate of drug-likeness (QED) is 0.643. The summed E-state index contributed by atoms with van der Waals surface area (Å²) >= 11 is 9.20. The molecule has 6 heteroatoms. The molecule has 0 saturated heterocycles. The lowest BCUT2D eigenvalue weighted by Gasteiger charge is -2.00. The second-order valence-electron chi connectivity index (χ2n) is 4.74. The minimum atomic E-state index is -0.183. The van der Waals surface area contributed by atoms with E-state index >= 15 is 0 Å². The zero-order chi connectivity index (χ0) is 16.1. The second-order valence-corrected chi connectivity index (χ2v) is 7.24. The van der Waals surface area contributed by atoms with Gasteiger partial charge in [0.05, 0.1) is 0 Å². The summed E-state index contributed by atoms with van der Waals surface area (Å²) in [7, 11) is 0. The van der Waals surface area contributed by atoms with Crippen LogP contribution in [0.2, 0.25) is 5.02 Å². The van der Waals surface area contributed by atoms with Crippen molar-refractivity contribution in [1.29, 1.82) is 0 Å². The van der Waals surface area contributed by atoms with Crippen LogP contribution < -0.4 is 5.32 Å². The Morgan fingerprint density at radius 1 is 1.26 bits per heavy atom. The molecule has 0 bridgehead atoms. The highest BCUT2D eigenvalue weighted by Gasteiger charge is 2.07. The first-order valence-corrected chi connectivity index (χ1v) is 8.99. The summed E-state index contributed by atoms with van der Waals surface area (Å²) in [5.74, 6) is -0.183. The third-order valence-electron chi connectivity index (χ3n) is 3.05. The Hall–Kier alpha value is -1.95. The molecule has 0 radical (unpaired) electrons. The lowest BCUT2D eigenvalue weighted by Crippen LogP contribution is -2.06. The summed E-state index contributed by atoms with van der Waals surface area (Å²) < 4.78 is 0. The van der Waals surface area contributed by atoms with Gasteiger partial charge in [-0.15, -0.1) is 22.7 Å². The first-order chi connectivity index (χ1) is 11.2. The zero-order valence-corrected chi connectivity index (χ0v) is 14.4. The average Bonchev–Trinajstić information content (AvgIpc) is 3.19. The highest BCUT2D eigenvalue weighted by Crippen LogP contribution is 2.24. The van der Waals surface area contributed by atoms with Gasteiger partial charge in [0, 0.05) is 33.5 Å². The van der Waals surface area contributed by atoms with Gasteiger partial charge in [-0.05, 0) is 29.2 Å². The number of carbonyl (C=O) groups is 1. The maximum Gasteiger partial charge on any atom is 0.250 e. The number of hydrogen-bond acceptors (Lipinski definition) is 4. The molecule has 23 heavy (non-hydrogen) atoms. The van der Waals surface area contributed by atoms with Crippen LogP contribution in [0.5, 0.6) is 0 Å². The minimum absolute atomic E-state index is 0.183. The minimum Gasteiger partial charge on any atom is -0.298 e. The van der Waals surface area contributed by atoms with Gasteiger partial charge in [0.1, 0.15) is 0 Å². The average molecular weight is 361 g/mol. The molecule has 0 saturated carbocycles. The molecule has 0 spiro atoms. The van der Waals surface area contributed by atoms with Crippen LogP contribution in [0, 0.1) is 0 Å². The number of rotatable bonds is 5. The molecule has 2 aromatic heterocycles. The number of anilines is 1. The topological polar surface area (TPSA) is 42.0 Å². The predicted molar refractivity (Wildman–Crippen MR) is 98.4 cm³/mol. The first-order valence-electron chi connectivity index (χ1n) is 6.91. The number of hydrogen-bond donors (Lipinski definition) is 1. The van der Waals surface area contributed by atoms with E-state index in [2.05, 4.69) is 10.3 Å². The van der Waals surface area contributed by atoms with E-state index in [4.69, 9.17) is 11.6 Å². The number of amides is 1. The largest absolute Gasteiger partial charge is 0.298 e. The van der Waals surface area contributed by atoms with Gasteiger partial charge < -0.3 is 0 Å². The second kappa shape index (κ2) is 7.55. The van der Waals surface area contributed by atoms with Crippen molar-refractivity contribution in [3.05, 3.63) is 74.4 Å². The van der Waals surface area contributed by atoms with Crippen LogP contribution in [0.3, 0.4) is 0 Å². The van der Waals surface area contributed by atoms with Crippen molar-refractivity contribution in [2.24, 2.45) is 0 Å². The van der Waals surface area contributed by atoms with E-state index < -0.39 is 0 Å². The molecule has 0 fully saturated rings. The fourth-order valence-corrected chi connectivity index (χ4v) is 3.63. The Bertz CT molecular complexity index is 825. The van der Waals surface area contributed by atoms with Crippen LogP contribution in [0.15, 0.2) is 54.1 Å². The van der Waals surface area contributed by atoms with Gasteiger partial charge in [0.15, 0.2) is 5.13 Å². The number of carbonyl (C=O) groups excluding carboxylic acids is 1. The summed E-state index contributed by atoms with van der Waals surface area (Å²) in [6.07, 6.45) is 5.78. The van der Waals surface area contributed by atoms with E-state index in [0.717, 1.165) is 20.3 Å². The van der Waals surface area contributed by atoms with Gasteiger partial charge in [0.25, 0.3) is 0 Å². The van der Waals surface area contributed by atoms with Crippen molar-refractivity contribution >= 4 is 51.4 Å². The van der Waals surface area contributed by atoms with E-state index in [1.54, 1.807) is 23.6 Å². The van der Waals surface area contributed by atoms with E-state index in [0.29, 0.717) is 11.6 Å². The maximum atomic E-state index is 11.9. The molecule has 0 unspecified atom stereocenters. The standard InChI is InChI=1S/C17H13ClN2OS2/c18-15-6-2-1-4-12(15)10-14-11-19-17(23-14)20-16(21)8-7-13-5-3-9-22-13/h1-9,11H,10H2,(H,19,20,21). The van der Waals surface area contributed by atoms with Crippen molar-refractivity contribution in [3.63, 3.8) is 0 Å². The first kappa shape index (κ1) is 15.9. The molecule has 0 aliphatic rings. The fourth-order valence-electron chi connectivity index (χ4n) is 1.97. The summed E-state index contributed by atoms with van der Waals surface area (Å²) in [6, 6.07) is 11.6. The van der Waals surface area contributed by atoms with Crippen LogP contribution in [-0.2, 0) is 11.2 Å². The van der Waals surface area contributed by atoms with E-state index in [1.165, 1.54) is 17.4 Å². The van der Waals surface area contributed by atoms with Gasteiger partial charge in [-0.2, -0.15) is 0 Å². The summed E-state index contributed by atoms with van der Waals surface area (Å²) in [4.78, 5) is 18.2. The van der Waals surface area contributed by atoms with Gasteiger partial charge in [-0.3, -0.25) is 10.1 Å². The Balaban J connectivity index is 1.61. The number of halogens is 1. The molecule has 0 aliphatic heterocycles. The highest BCUT2D eigenvalue weighted by molar-refractivity contribution is 7.15. The molecule has 3 rings (SSSR count). The van der Waals surface area contributed by atoms with Crippen molar-refractivity contribution in [2.45, 2.75) is 6.42 Å². The van der Waals surface area contributed by atoms with E-state index in [-0.39, 0.29) is 5.91 Å². The lowest BCUT2D eigenvalue weighted by molar-refractivity contribution is -0.111. The number of nitrogens with one attached hydrogen (secondary N) is 1. The van der Waals surface area contributed by atoms with Crippen molar-refractivity contribution < 1.29 is 4.79 Å². The van der Waals surface area contributed by atoms with Crippen molar-refractivity contribution in [3.8, 4) is 0 Å². The molecule has 3 nitrogen and oxygen atoms in total. The maximum absolute atomic E-state index is 11.9. The Labute approximate surface area is 147 Å². The van der Waals surface area contributed by atoms with E-state index in [9.17, 15) is 4.79 Å². The van der Waals surface area contributed by atoms with Crippen molar-refractivity contribution in [1.82, 2.24) is 4.98 Å². The van der Waals surface area contributed by atoms with Gasteiger partial charge in [0.2, 0.25) is 5.91 Å². The Morgan fingerprint density at radius 3 is 2.91 bits per heavy atom. The molecule has 2 heterocycles. The number of nitrogens with zero attached hydrogens (tertiary/aromatic N) is 1. The van der Waals surface area contributed by atoms with Crippen LogP contribution in [0.25, 0.3) is 6.08 Å². The molecule has 0 aliphatic carbocycles. The van der Waals surface area contributed by atoms with Gasteiger partial charge >= 0.3 is 0 Å². The number of aromatic nitrogens is 1. The molecule has 1 aromatic carbocycles. The monoisotopic (exact) mass is 360 g/mol. The predicted octanol–water partition coefficient (Wildman–Crippen LogP) is 5.10. The smallest absolute Gasteiger partial charge is 0.250 e. The summed E-state index contributed by atoms with van der Waals surface area (Å²) in [6.45, 7) is 0. The molecule has 0 atom stereocenters. The van der Waals surface area contributed by atoms with Crippen molar-refractivity contribution in [2.75, 3.05) is 5.32 Å². The Morgan fingerprint density at radius 2 is 2.13 bits per heavy atom. The van der Waals surface area contributed by atoms with Crippen LogP contribution in [0.1, 0.15) is 15.3 Å². The van der Waals surface area contributed by atoms with Crippen LogP contribution >= 0.6 is 34.3 Å². The summed E-state index contributed by atoms with van der Waals surface area (Å²) in [5, 5.41) is 6.08. The van der Waals surface area contributed by atoms with Crippen LogP contribution in [0.4, 0.5) is 5.13 Å². The normalized spacial score (nSPS) is 11.0. The molecule has 116 valence electrons. The van der Waals surface area contributed by atoms with Crippen LogP contribution in [-0.4, -0.2) is 10.9 Å². The van der Waals surface area contributed by atoms with E-state index in [1.807, 2.05) is 41.8 Å². The van der Waals surface area contributed by atoms with Gasteiger partial charge in [-0.25, -0.2) is 4.98 Å². The number of thiazole rings is 1. The summed E-state index contributed by atoms with van der Waals surface area (Å²) in [5.41, 5.74) is 1.05. The molecule has 3 aromatic rings. The molecule has 1 amide bonds.